The van der Waals surface area contributed by atoms with Crippen molar-refractivity contribution < 1.29 is 13.2 Å². The highest BCUT2D eigenvalue weighted by molar-refractivity contribution is 7.98. The van der Waals surface area contributed by atoms with Crippen LogP contribution in [0, 0.1) is 0 Å². The highest BCUT2D eigenvalue weighted by atomic mass is 35.5. The van der Waals surface area contributed by atoms with Crippen molar-refractivity contribution in [2.24, 2.45) is 0 Å². The molecule has 3 rings (SSSR count). The number of rotatable bonds is 8. The molecule has 0 unspecified atom stereocenters. The molecule has 0 radical (unpaired) electrons. The van der Waals surface area contributed by atoms with Gasteiger partial charge in [0.15, 0.2) is 0 Å². The molecule has 1 N–H and O–H groups in total. The maximum Gasteiger partial charge on any atom is 0.243 e. The number of hydrogen-bond donors (Lipinski definition) is 1. The van der Waals surface area contributed by atoms with E-state index in [0.29, 0.717) is 21.3 Å². The van der Waals surface area contributed by atoms with Gasteiger partial charge in [0.05, 0.1) is 11.4 Å². The first-order valence-corrected chi connectivity index (χ1v) is 12.6. The van der Waals surface area contributed by atoms with E-state index in [1.54, 1.807) is 42.1 Å². The summed E-state index contributed by atoms with van der Waals surface area (Å²) in [5, 5.41) is 3.61. The van der Waals surface area contributed by atoms with Crippen molar-refractivity contribution in [3.63, 3.8) is 0 Å². The van der Waals surface area contributed by atoms with Crippen LogP contribution in [0.3, 0.4) is 0 Å². The number of anilines is 1. The molecule has 0 aliphatic carbocycles. The third-order valence-electron chi connectivity index (χ3n) is 4.43. The number of hydrogen-bond acceptors (Lipinski definition) is 4. The molecule has 9 heteroatoms. The molecule has 162 valence electrons. The summed E-state index contributed by atoms with van der Waals surface area (Å²) in [7, 11) is -3.98. The zero-order valence-corrected chi connectivity index (χ0v) is 19.7. The van der Waals surface area contributed by atoms with Gasteiger partial charge in [-0.15, -0.1) is 11.8 Å². The number of carbonyl (C=O) groups excluding carboxylic acids is 1. The van der Waals surface area contributed by atoms with Crippen LogP contribution in [-0.4, -0.2) is 31.4 Å². The molecule has 0 aliphatic heterocycles. The number of nitrogens with zero attached hydrogens (tertiary/aromatic N) is 1. The van der Waals surface area contributed by atoms with Crippen molar-refractivity contribution in [3.05, 3.63) is 88.4 Å². The molecular formula is C22H20Cl2N2O3S2. The van der Waals surface area contributed by atoms with E-state index in [4.69, 9.17) is 23.2 Å². The normalized spacial score (nSPS) is 11.5. The average Bonchev–Trinajstić information content (AvgIpc) is 2.75. The lowest BCUT2D eigenvalue weighted by Gasteiger charge is -2.22. The molecule has 1 amide bonds. The number of thioether (sulfide) groups is 1. The zero-order chi connectivity index (χ0) is 22.4. The van der Waals surface area contributed by atoms with Crippen LogP contribution in [0.25, 0.3) is 0 Å². The molecule has 0 heterocycles. The summed E-state index contributed by atoms with van der Waals surface area (Å²) < 4.78 is 27.7. The fourth-order valence-electron chi connectivity index (χ4n) is 2.86. The van der Waals surface area contributed by atoms with E-state index in [2.05, 4.69) is 5.32 Å². The molecule has 3 aromatic carbocycles. The van der Waals surface area contributed by atoms with Gasteiger partial charge in [-0.05, 0) is 60.4 Å². The SMILES string of the molecule is CSc1cccc(NC(=O)CN(Cc2ccccc2Cl)S(=O)(=O)c2ccc(Cl)cc2)c1. The summed E-state index contributed by atoms with van der Waals surface area (Å²) in [4.78, 5) is 13.8. The molecule has 0 aliphatic rings. The molecule has 31 heavy (non-hydrogen) atoms. The minimum Gasteiger partial charge on any atom is -0.325 e. The van der Waals surface area contributed by atoms with Crippen molar-refractivity contribution in [1.29, 1.82) is 0 Å². The molecule has 0 saturated heterocycles. The van der Waals surface area contributed by atoms with E-state index in [-0.39, 0.29) is 18.0 Å². The predicted octanol–water partition coefficient (Wildman–Crippen LogP) is 5.54. The summed E-state index contributed by atoms with van der Waals surface area (Å²) in [6.45, 7) is -0.428. The van der Waals surface area contributed by atoms with Gasteiger partial charge in [-0.1, -0.05) is 47.5 Å². The molecule has 5 nitrogen and oxygen atoms in total. The first kappa shape index (κ1) is 23.6. The number of amides is 1. The minimum atomic E-state index is -3.98. The number of halogens is 2. The van der Waals surface area contributed by atoms with Crippen molar-refractivity contribution in [2.45, 2.75) is 16.3 Å². The van der Waals surface area contributed by atoms with Crippen molar-refractivity contribution in [1.82, 2.24) is 4.31 Å². The van der Waals surface area contributed by atoms with Crippen molar-refractivity contribution in [2.75, 3.05) is 18.1 Å². The third kappa shape index (κ3) is 6.24. The summed E-state index contributed by atoms with van der Waals surface area (Å²) in [5.41, 5.74) is 1.19. The second kappa shape index (κ2) is 10.5. The van der Waals surface area contributed by atoms with E-state index >= 15 is 0 Å². The lowest BCUT2D eigenvalue weighted by Crippen LogP contribution is -2.37. The smallest absolute Gasteiger partial charge is 0.243 e. The minimum absolute atomic E-state index is 0.0427. The Labute approximate surface area is 196 Å². The highest BCUT2D eigenvalue weighted by Crippen LogP contribution is 2.24. The van der Waals surface area contributed by atoms with E-state index in [1.807, 2.05) is 24.5 Å². The number of sulfonamides is 1. The van der Waals surface area contributed by atoms with Gasteiger partial charge in [0.25, 0.3) is 0 Å². The van der Waals surface area contributed by atoms with Gasteiger partial charge < -0.3 is 5.32 Å². The molecule has 0 saturated carbocycles. The number of nitrogens with one attached hydrogen (secondary N) is 1. The van der Waals surface area contributed by atoms with Crippen LogP contribution >= 0.6 is 35.0 Å². The topological polar surface area (TPSA) is 66.5 Å². The Morgan fingerprint density at radius 1 is 1.00 bits per heavy atom. The van der Waals surface area contributed by atoms with Gasteiger partial charge >= 0.3 is 0 Å². The van der Waals surface area contributed by atoms with Gasteiger partial charge in [-0.25, -0.2) is 8.42 Å². The second-order valence-electron chi connectivity index (χ2n) is 6.60. The van der Waals surface area contributed by atoms with Gasteiger partial charge in [-0.3, -0.25) is 4.79 Å². The van der Waals surface area contributed by atoms with Crippen LogP contribution in [0.5, 0.6) is 0 Å². The molecule has 0 atom stereocenters. The fourth-order valence-corrected chi connectivity index (χ4v) is 5.02. The van der Waals surface area contributed by atoms with Gasteiger partial charge in [0, 0.05) is 27.2 Å². The van der Waals surface area contributed by atoms with Crippen LogP contribution in [0.2, 0.25) is 10.0 Å². The number of benzene rings is 3. The van der Waals surface area contributed by atoms with E-state index in [0.717, 1.165) is 9.20 Å². The van der Waals surface area contributed by atoms with E-state index in [1.165, 1.54) is 24.3 Å². The zero-order valence-electron chi connectivity index (χ0n) is 16.6. The average molecular weight is 495 g/mol. The van der Waals surface area contributed by atoms with Gasteiger partial charge in [-0.2, -0.15) is 4.31 Å². The Bertz CT molecular complexity index is 1170. The van der Waals surface area contributed by atoms with E-state index < -0.39 is 15.9 Å². The van der Waals surface area contributed by atoms with Gasteiger partial charge in [0.2, 0.25) is 15.9 Å². The Morgan fingerprint density at radius 3 is 2.39 bits per heavy atom. The monoisotopic (exact) mass is 494 g/mol. The first-order chi connectivity index (χ1) is 14.8. The number of carbonyl (C=O) groups is 1. The van der Waals surface area contributed by atoms with Crippen molar-refractivity contribution in [3.8, 4) is 0 Å². The van der Waals surface area contributed by atoms with Gasteiger partial charge in [0.1, 0.15) is 0 Å². The lowest BCUT2D eigenvalue weighted by molar-refractivity contribution is -0.116. The van der Waals surface area contributed by atoms with Crippen LogP contribution < -0.4 is 5.32 Å². The highest BCUT2D eigenvalue weighted by Gasteiger charge is 2.27. The maximum atomic E-state index is 13.3. The lowest BCUT2D eigenvalue weighted by atomic mass is 10.2. The summed E-state index contributed by atoms with van der Waals surface area (Å²) in [5.74, 6) is -0.456. The largest absolute Gasteiger partial charge is 0.325 e. The summed E-state index contributed by atoms with van der Waals surface area (Å²) in [6.07, 6.45) is 1.94. The Hall–Kier alpha value is -2.03. The predicted molar refractivity (Wildman–Crippen MR) is 127 cm³/mol. The summed E-state index contributed by atoms with van der Waals surface area (Å²) >= 11 is 13.7. The molecule has 0 spiro atoms. The Morgan fingerprint density at radius 2 is 1.71 bits per heavy atom. The second-order valence-corrected chi connectivity index (χ2v) is 10.3. The molecule has 0 fully saturated rings. The molecule has 3 aromatic rings. The molecular weight excluding hydrogens is 475 g/mol. The molecule has 0 bridgehead atoms. The Balaban J connectivity index is 1.88. The third-order valence-corrected chi connectivity index (χ3v) is 7.58. The van der Waals surface area contributed by atoms with Crippen LogP contribution in [0.4, 0.5) is 5.69 Å². The summed E-state index contributed by atoms with van der Waals surface area (Å²) in [6, 6.07) is 20.1. The van der Waals surface area contributed by atoms with Crippen LogP contribution in [0.15, 0.2) is 82.6 Å². The fraction of sp³-hybridized carbons (Fsp3) is 0.136. The van der Waals surface area contributed by atoms with Crippen molar-refractivity contribution >= 4 is 56.6 Å². The maximum absolute atomic E-state index is 13.3. The molecule has 0 aromatic heterocycles. The van der Waals surface area contributed by atoms with E-state index in [9.17, 15) is 13.2 Å². The van der Waals surface area contributed by atoms with Crippen LogP contribution in [-0.2, 0) is 21.4 Å². The standard InChI is InChI=1S/C22H20Cl2N2O3S2/c1-30-19-7-4-6-18(13-19)25-22(27)15-26(14-16-5-2-3-8-21(16)24)31(28,29)20-11-9-17(23)10-12-20/h2-13H,14-15H2,1H3,(H,25,27). The van der Waals surface area contributed by atoms with Crippen LogP contribution in [0.1, 0.15) is 5.56 Å². The Kier molecular flexibility index (Phi) is 8.02. The first-order valence-electron chi connectivity index (χ1n) is 9.22. The quantitative estimate of drug-likeness (QED) is 0.417.